The molecule has 3 aliphatic rings. The van der Waals surface area contributed by atoms with Crippen LogP contribution in [0.2, 0.25) is 0 Å². The molecule has 2 aromatic rings. The van der Waals surface area contributed by atoms with Crippen LogP contribution in [0.15, 0.2) is 71.8 Å². The maximum atomic E-state index is 6.73. The van der Waals surface area contributed by atoms with Gasteiger partial charge in [-0.25, -0.2) is 0 Å². The number of benzene rings is 2. The molecule has 0 amide bonds. The Kier molecular flexibility index (Phi) is 6.09. The van der Waals surface area contributed by atoms with E-state index in [0.29, 0.717) is 19.8 Å². The summed E-state index contributed by atoms with van der Waals surface area (Å²) in [7, 11) is 0. The molecule has 4 nitrogen and oxygen atoms in total. The van der Waals surface area contributed by atoms with Crippen LogP contribution >= 0.6 is 0 Å². The van der Waals surface area contributed by atoms with Gasteiger partial charge in [-0.05, 0) is 0 Å². The molecule has 2 radical (unpaired) electrons. The molecule has 1 saturated heterocycles. The topological polar surface area (TPSA) is 30.9 Å². The van der Waals surface area contributed by atoms with E-state index in [2.05, 4.69) is 88.6 Å². The number of ether oxygens (including phenoxy) is 3. The van der Waals surface area contributed by atoms with Crippen molar-refractivity contribution in [3.63, 3.8) is 0 Å². The van der Waals surface area contributed by atoms with E-state index in [1.807, 2.05) is 19.9 Å². The molecule has 2 heterocycles. The van der Waals surface area contributed by atoms with Crippen molar-refractivity contribution >= 4 is 31.4 Å². The molecule has 1 fully saturated rings. The van der Waals surface area contributed by atoms with E-state index in [4.69, 9.17) is 14.2 Å². The summed E-state index contributed by atoms with van der Waals surface area (Å²) in [5, 5.41) is 0. The SMILES string of the molecule is CCO[C]C1=C(c2ccccc2)N2CCOC23C(C(=[Se])OCC)=C(c2ccccc2)C3(C)C1. The van der Waals surface area contributed by atoms with E-state index in [-0.39, 0.29) is 5.41 Å². The van der Waals surface area contributed by atoms with Gasteiger partial charge in [-0.1, -0.05) is 0 Å². The van der Waals surface area contributed by atoms with Crippen molar-refractivity contribution in [2.75, 3.05) is 26.4 Å². The zero-order valence-electron chi connectivity index (χ0n) is 19.4. The van der Waals surface area contributed by atoms with Crippen molar-refractivity contribution in [2.45, 2.75) is 32.9 Å². The second-order valence-electron chi connectivity index (χ2n) is 8.72. The first-order valence-corrected chi connectivity index (χ1v) is 12.5. The van der Waals surface area contributed by atoms with Gasteiger partial charge >= 0.3 is 205 Å². The third-order valence-electron chi connectivity index (χ3n) is 6.91. The average Bonchev–Trinajstić information content (AvgIpc) is 3.29. The number of hydrogen-bond donors (Lipinski definition) is 0. The van der Waals surface area contributed by atoms with E-state index < -0.39 is 5.72 Å². The summed E-state index contributed by atoms with van der Waals surface area (Å²) in [6, 6.07) is 21.1. The van der Waals surface area contributed by atoms with Gasteiger partial charge in [0.15, 0.2) is 0 Å². The normalized spacial score (nSPS) is 26.1. The molecular weight excluding hydrogens is 477 g/mol. The third-order valence-corrected chi connectivity index (χ3v) is 7.59. The van der Waals surface area contributed by atoms with E-state index in [9.17, 15) is 0 Å². The molecule has 0 saturated carbocycles. The van der Waals surface area contributed by atoms with Crippen LogP contribution in [0.1, 0.15) is 38.3 Å². The second-order valence-corrected chi connectivity index (χ2v) is 9.50. The summed E-state index contributed by atoms with van der Waals surface area (Å²) >= 11 is 3.21. The Labute approximate surface area is 204 Å². The van der Waals surface area contributed by atoms with E-state index in [0.717, 1.165) is 40.0 Å². The Balaban J connectivity index is 1.73. The Hall–Kier alpha value is -2.17. The minimum atomic E-state index is -0.601. The van der Waals surface area contributed by atoms with Crippen LogP contribution < -0.4 is 0 Å². The minimum absolute atomic E-state index is 0.288. The summed E-state index contributed by atoms with van der Waals surface area (Å²) in [6.45, 7) is 12.2. The fraction of sp³-hybridized carbons (Fsp3) is 0.357. The number of nitrogens with zero attached hydrogens (tertiary/aromatic N) is 1. The molecule has 1 aliphatic carbocycles. The number of hydrogen-bond acceptors (Lipinski definition) is 4. The van der Waals surface area contributed by atoms with E-state index in [1.54, 1.807) is 0 Å². The van der Waals surface area contributed by atoms with Gasteiger partial charge in [0.25, 0.3) is 0 Å². The molecule has 5 heteroatoms. The first-order chi connectivity index (χ1) is 16.1. The molecule has 0 bridgehead atoms. The molecule has 0 aromatic heterocycles. The van der Waals surface area contributed by atoms with Crippen molar-refractivity contribution < 1.29 is 14.2 Å². The molecule has 170 valence electrons. The average molecular weight is 507 g/mol. The molecule has 2 aromatic carbocycles. The molecule has 2 atom stereocenters. The van der Waals surface area contributed by atoms with Gasteiger partial charge in [-0.3, -0.25) is 0 Å². The van der Waals surface area contributed by atoms with Crippen LogP contribution in [0, 0.1) is 12.0 Å². The molecule has 2 unspecified atom stereocenters. The van der Waals surface area contributed by atoms with Gasteiger partial charge in [-0.2, -0.15) is 0 Å². The monoisotopic (exact) mass is 507 g/mol. The van der Waals surface area contributed by atoms with Crippen molar-refractivity contribution in [1.82, 2.24) is 4.90 Å². The Morgan fingerprint density at radius 2 is 1.70 bits per heavy atom. The molecule has 2 aliphatic heterocycles. The molecular formula is C28H29NO3Se. The predicted octanol–water partition coefficient (Wildman–Crippen LogP) is 4.71. The predicted molar refractivity (Wildman–Crippen MR) is 132 cm³/mol. The molecule has 1 spiro atoms. The van der Waals surface area contributed by atoms with Crippen LogP contribution in [0.25, 0.3) is 11.3 Å². The first-order valence-electron chi connectivity index (χ1n) is 11.6. The Bertz CT molecular complexity index is 1110. The first kappa shape index (κ1) is 22.6. The second kappa shape index (κ2) is 8.88. The van der Waals surface area contributed by atoms with Gasteiger partial charge in [0.1, 0.15) is 0 Å². The quantitative estimate of drug-likeness (QED) is 0.486. The van der Waals surface area contributed by atoms with Crippen LogP contribution in [-0.4, -0.2) is 57.2 Å². The van der Waals surface area contributed by atoms with Gasteiger partial charge in [0.05, 0.1) is 0 Å². The van der Waals surface area contributed by atoms with E-state index >= 15 is 0 Å². The van der Waals surface area contributed by atoms with Gasteiger partial charge < -0.3 is 0 Å². The van der Waals surface area contributed by atoms with Crippen molar-refractivity contribution in [3.8, 4) is 0 Å². The third kappa shape index (κ3) is 3.29. The summed E-state index contributed by atoms with van der Waals surface area (Å²) in [6.07, 6.45) is 0.765. The summed E-state index contributed by atoms with van der Waals surface area (Å²) in [5.74, 6) is 0. The fourth-order valence-electron chi connectivity index (χ4n) is 5.77. The molecule has 0 N–H and O–H groups in total. The summed E-state index contributed by atoms with van der Waals surface area (Å²) in [4.78, 5) is 2.42. The molecule has 33 heavy (non-hydrogen) atoms. The van der Waals surface area contributed by atoms with E-state index in [1.165, 1.54) is 11.1 Å². The van der Waals surface area contributed by atoms with Crippen molar-refractivity contribution in [2.24, 2.45) is 5.41 Å². The van der Waals surface area contributed by atoms with Crippen LogP contribution in [0.4, 0.5) is 0 Å². The van der Waals surface area contributed by atoms with Crippen LogP contribution in [0.5, 0.6) is 0 Å². The van der Waals surface area contributed by atoms with Gasteiger partial charge in [-0.15, -0.1) is 0 Å². The van der Waals surface area contributed by atoms with Gasteiger partial charge in [0.2, 0.25) is 0 Å². The maximum absolute atomic E-state index is 6.73. The zero-order chi connectivity index (χ0) is 23.1. The van der Waals surface area contributed by atoms with Crippen LogP contribution in [0.3, 0.4) is 0 Å². The Morgan fingerprint density at radius 3 is 2.33 bits per heavy atom. The molecule has 5 rings (SSSR count). The zero-order valence-corrected chi connectivity index (χ0v) is 21.1. The summed E-state index contributed by atoms with van der Waals surface area (Å²) in [5.41, 5.74) is 6.05. The standard InChI is InChI=1S/C28H29NO3Se/c1-4-30-19-22-18-27(3)23(20-12-8-6-9-13-20)24(26(33)31-5-2)28(27)29(16-17-32-28)25(22)21-14-10-7-11-15-21/h6-15H,4-5,16-18H2,1-3H3. The Morgan fingerprint density at radius 1 is 1.03 bits per heavy atom. The van der Waals surface area contributed by atoms with Crippen LogP contribution in [-0.2, 0) is 14.2 Å². The van der Waals surface area contributed by atoms with Crippen molar-refractivity contribution in [3.05, 3.63) is 89.5 Å². The summed E-state index contributed by atoms with van der Waals surface area (Å²) < 4.78 is 19.4. The van der Waals surface area contributed by atoms with Gasteiger partial charge in [0, 0.05) is 0 Å². The van der Waals surface area contributed by atoms with Crippen molar-refractivity contribution in [1.29, 1.82) is 0 Å². The fourth-order valence-corrected chi connectivity index (χ4v) is 6.52. The number of rotatable bonds is 8.